The van der Waals surface area contributed by atoms with Gasteiger partial charge in [0.25, 0.3) is 0 Å². The number of carbonyl (C=O) groups excluding carboxylic acids is 1. The number of amides is 1. The number of imidazole rings is 1. The summed E-state index contributed by atoms with van der Waals surface area (Å²) in [5.41, 5.74) is 7.25. The van der Waals surface area contributed by atoms with E-state index in [9.17, 15) is 4.79 Å². The van der Waals surface area contributed by atoms with E-state index in [4.69, 9.17) is 5.73 Å². The molecule has 2 aromatic heterocycles. The first-order chi connectivity index (χ1) is 8.65. The van der Waals surface area contributed by atoms with E-state index in [0.717, 1.165) is 17.8 Å². The minimum Gasteiger partial charge on any atom is -0.356 e. The molecule has 2 heterocycles. The van der Waals surface area contributed by atoms with Crippen molar-refractivity contribution in [2.75, 3.05) is 6.54 Å². The summed E-state index contributed by atoms with van der Waals surface area (Å²) in [5, 5.41) is 2.84. The summed E-state index contributed by atoms with van der Waals surface area (Å²) < 4.78 is 1.91. The van der Waals surface area contributed by atoms with Gasteiger partial charge in [0.1, 0.15) is 5.65 Å². The van der Waals surface area contributed by atoms with Crippen molar-refractivity contribution < 1.29 is 4.79 Å². The lowest BCUT2D eigenvalue weighted by molar-refractivity contribution is -0.120. The molecule has 3 N–H and O–H groups in total. The van der Waals surface area contributed by atoms with Gasteiger partial charge in [0.15, 0.2) is 0 Å². The van der Waals surface area contributed by atoms with Gasteiger partial charge >= 0.3 is 0 Å². The van der Waals surface area contributed by atoms with Gasteiger partial charge in [0.05, 0.1) is 12.1 Å². The number of rotatable bonds is 5. The Bertz CT molecular complexity index is 500. The van der Waals surface area contributed by atoms with Gasteiger partial charge < -0.3 is 15.5 Å². The second-order valence-corrected chi connectivity index (χ2v) is 4.49. The first-order valence-corrected chi connectivity index (χ1v) is 6.10. The Morgan fingerprint density at radius 3 is 3.11 bits per heavy atom. The topological polar surface area (TPSA) is 72.4 Å². The van der Waals surface area contributed by atoms with E-state index in [-0.39, 0.29) is 11.9 Å². The lowest BCUT2D eigenvalue weighted by Crippen LogP contribution is -2.30. The van der Waals surface area contributed by atoms with Crippen LogP contribution in [0.4, 0.5) is 0 Å². The highest BCUT2D eigenvalue weighted by Crippen LogP contribution is 2.04. The second kappa shape index (κ2) is 5.64. The van der Waals surface area contributed by atoms with Crippen LogP contribution in [0.2, 0.25) is 0 Å². The van der Waals surface area contributed by atoms with Crippen LogP contribution in [0.1, 0.15) is 19.0 Å². The van der Waals surface area contributed by atoms with E-state index >= 15 is 0 Å². The fraction of sp³-hybridized carbons (Fsp3) is 0.385. The van der Waals surface area contributed by atoms with Gasteiger partial charge in [-0.15, -0.1) is 0 Å². The molecule has 0 aliphatic carbocycles. The molecule has 0 aliphatic heterocycles. The molecular weight excluding hydrogens is 228 g/mol. The van der Waals surface area contributed by atoms with E-state index in [0.29, 0.717) is 13.0 Å². The SMILES string of the molecule is CC(N)CCNC(=O)Cc1cn2ccccc2n1. The Morgan fingerprint density at radius 1 is 1.56 bits per heavy atom. The minimum absolute atomic E-state index is 0.0148. The third kappa shape index (κ3) is 3.30. The average Bonchev–Trinajstić information content (AvgIpc) is 2.70. The third-order valence-corrected chi connectivity index (χ3v) is 2.68. The van der Waals surface area contributed by atoms with Crippen molar-refractivity contribution in [2.24, 2.45) is 5.73 Å². The van der Waals surface area contributed by atoms with Crippen molar-refractivity contribution in [3.05, 3.63) is 36.3 Å². The predicted molar refractivity (Wildman–Crippen MR) is 70.2 cm³/mol. The third-order valence-electron chi connectivity index (χ3n) is 2.68. The number of pyridine rings is 1. The number of aromatic nitrogens is 2. The Hall–Kier alpha value is -1.88. The van der Waals surface area contributed by atoms with Crippen LogP contribution in [0.3, 0.4) is 0 Å². The summed E-state index contributed by atoms with van der Waals surface area (Å²) in [6.45, 7) is 2.54. The molecule has 0 spiro atoms. The van der Waals surface area contributed by atoms with Crippen LogP contribution in [0.15, 0.2) is 30.6 Å². The van der Waals surface area contributed by atoms with Crippen molar-refractivity contribution >= 4 is 11.6 Å². The quantitative estimate of drug-likeness (QED) is 0.817. The summed E-state index contributed by atoms with van der Waals surface area (Å²) in [5.74, 6) is -0.0148. The van der Waals surface area contributed by atoms with Crippen LogP contribution in [-0.4, -0.2) is 27.9 Å². The van der Waals surface area contributed by atoms with E-state index in [1.165, 1.54) is 0 Å². The molecule has 0 aliphatic rings. The van der Waals surface area contributed by atoms with Crippen molar-refractivity contribution in [3.8, 4) is 0 Å². The maximum atomic E-state index is 11.7. The summed E-state index contributed by atoms with van der Waals surface area (Å²) in [7, 11) is 0. The number of carbonyl (C=O) groups is 1. The first kappa shape index (κ1) is 12.6. The molecule has 0 bridgehead atoms. The van der Waals surface area contributed by atoms with Gasteiger partial charge in [0.2, 0.25) is 5.91 Å². The Balaban J connectivity index is 1.90. The monoisotopic (exact) mass is 246 g/mol. The van der Waals surface area contributed by atoms with E-state index in [2.05, 4.69) is 10.3 Å². The average molecular weight is 246 g/mol. The van der Waals surface area contributed by atoms with Gasteiger partial charge in [-0.1, -0.05) is 6.07 Å². The van der Waals surface area contributed by atoms with Crippen LogP contribution in [0.25, 0.3) is 5.65 Å². The number of hydrogen-bond acceptors (Lipinski definition) is 3. The Kier molecular flexibility index (Phi) is 3.94. The van der Waals surface area contributed by atoms with Crippen LogP contribution in [0, 0.1) is 0 Å². The zero-order chi connectivity index (χ0) is 13.0. The Labute approximate surface area is 106 Å². The molecule has 2 aromatic rings. The molecule has 96 valence electrons. The fourth-order valence-corrected chi connectivity index (χ4v) is 1.74. The number of nitrogens with one attached hydrogen (secondary N) is 1. The normalized spacial score (nSPS) is 12.6. The molecule has 0 aromatic carbocycles. The molecule has 5 heteroatoms. The smallest absolute Gasteiger partial charge is 0.226 e. The molecule has 1 atom stereocenters. The van der Waals surface area contributed by atoms with Crippen molar-refractivity contribution in [3.63, 3.8) is 0 Å². The summed E-state index contributed by atoms with van der Waals surface area (Å²) >= 11 is 0. The highest BCUT2D eigenvalue weighted by atomic mass is 16.1. The van der Waals surface area contributed by atoms with Gasteiger partial charge in [-0.2, -0.15) is 0 Å². The number of nitrogens with zero attached hydrogens (tertiary/aromatic N) is 2. The maximum absolute atomic E-state index is 11.7. The number of nitrogens with two attached hydrogens (primary N) is 1. The zero-order valence-corrected chi connectivity index (χ0v) is 10.5. The first-order valence-electron chi connectivity index (χ1n) is 6.10. The van der Waals surface area contributed by atoms with E-state index < -0.39 is 0 Å². The summed E-state index contributed by atoms with van der Waals surface area (Å²) in [6.07, 6.45) is 4.89. The van der Waals surface area contributed by atoms with Crippen molar-refractivity contribution in [2.45, 2.75) is 25.8 Å². The molecule has 0 fully saturated rings. The lowest BCUT2D eigenvalue weighted by atomic mass is 10.2. The summed E-state index contributed by atoms with van der Waals surface area (Å²) in [4.78, 5) is 16.0. The van der Waals surface area contributed by atoms with Crippen LogP contribution in [-0.2, 0) is 11.2 Å². The summed E-state index contributed by atoms with van der Waals surface area (Å²) in [6, 6.07) is 5.88. The standard InChI is InChI=1S/C13H18N4O/c1-10(14)5-6-15-13(18)8-11-9-17-7-3-2-4-12(17)16-11/h2-4,7,9-10H,5-6,8,14H2,1H3,(H,15,18). The molecule has 1 unspecified atom stereocenters. The second-order valence-electron chi connectivity index (χ2n) is 4.49. The van der Waals surface area contributed by atoms with E-state index in [1.54, 1.807) is 0 Å². The highest BCUT2D eigenvalue weighted by Gasteiger charge is 2.07. The number of hydrogen-bond donors (Lipinski definition) is 2. The van der Waals surface area contributed by atoms with E-state index in [1.807, 2.05) is 41.9 Å². The van der Waals surface area contributed by atoms with Crippen LogP contribution < -0.4 is 11.1 Å². The van der Waals surface area contributed by atoms with Crippen LogP contribution in [0.5, 0.6) is 0 Å². The predicted octanol–water partition coefficient (Wildman–Crippen LogP) is 0.730. The fourth-order valence-electron chi connectivity index (χ4n) is 1.74. The maximum Gasteiger partial charge on any atom is 0.226 e. The van der Waals surface area contributed by atoms with Crippen LogP contribution >= 0.6 is 0 Å². The largest absolute Gasteiger partial charge is 0.356 e. The number of fused-ring (bicyclic) bond motifs is 1. The highest BCUT2D eigenvalue weighted by molar-refractivity contribution is 5.78. The molecule has 2 rings (SSSR count). The van der Waals surface area contributed by atoms with Gasteiger partial charge in [-0.3, -0.25) is 4.79 Å². The Morgan fingerprint density at radius 2 is 2.39 bits per heavy atom. The zero-order valence-electron chi connectivity index (χ0n) is 10.5. The molecule has 5 nitrogen and oxygen atoms in total. The van der Waals surface area contributed by atoms with Gasteiger partial charge in [0, 0.05) is 25.0 Å². The van der Waals surface area contributed by atoms with Crippen molar-refractivity contribution in [1.82, 2.24) is 14.7 Å². The lowest BCUT2D eigenvalue weighted by Gasteiger charge is -2.06. The molecule has 0 radical (unpaired) electrons. The molecule has 0 saturated carbocycles. The molecule has 18 heavy (non-hydrogen) atoms. The van der Waals surface area contributed by atoms with Crippen molar-refractivity contribution in [1.29, 1.82) is 0 Å². The van der Waals surface area contributed by atoms with Gasteiger partial charge in [-0.25, -0.2) is 4.98 Å². The molecule has 1 amide bonds. The minimum atomic E-state index is -0.0148. The molecule has 0 saturated heterocycles. The van der Waals surface area contributed by atoms with Gasteiger partial charge in [-0.05, 0) is 25.5 Å². The molecular formula is C13H18N4O.